The summed E-state index contributed by atoms with van der Waals surface area (Å²) in [6, 6.07) is 0. The van der Waals surface area contributed by atoms with E-state index < -0.39 is 0 Å². The van der Waals surface area contributed by atoms with Gasteiger partial charge >= 0.3 is 0 Å². The molecule has 0 heterocycles. The van der Waals surface area contributed by atoms with E-state index in [1.165, 1.54) is 19.3 Å². The zero-order chi connectivity index (χ0) is 10.9. The quantitative estimate of drug-likeness (QED) is 0.350. The van der Waals surface area contributed by atoms with E-state index in [2.05, 4.69) is 33.5 Å². The standard InChI is InChI=1S/C11H27N2O/c1-5-6-7-9-12-14-11-8-10-13(2,3)4/h12H,5-11H2,1-4H3/q+1. The third-order valence-electron chi connectivity index (χ3n) is 2.06. The van der Waals surface area contributed by atoms with Crippen molar-refractivity contribution in [3.8, 4) is 0 Å². The van der Waals surface area contributed by atoms with E-state index in [0.717, 1.165) is 30.6 Å². The summed E-state index contributed by atoms with van der Waals surface area (Å²) >= 11 is 0. The first kappa shape index (κ1) is 13.9. The Morgan fingerprint density at radius 3 is 2.36 bits per heavy atom. The van der Waals surface area contributed by atoms with Crippen LogP contribution in [0.3, 0.4) is 0 Å². The van der Waals surface area contributed by atoms with Crippen LogP contribution in [0.15, 0.2) is 0 Å². The Hall–Kier alpha value is -0.120. The zero-order valence-corrected chi connectivity index (χ0v) is 10.3. The normalized spacial score (nSPS) is 12.0. The van der Waals surface area contributed by atoms with Crippen LogP contribution in [0.4, 0.5) is 0 Å². The minimum atomic E-state index is 0.821. The van der Waals surface area contributed by atoms with Gasteiger partial charge in [0.05, 0.1) is 34.3 Å². The van der Waals surface area contributed by atoms with Crippen LogP contribution in [-0.2, 0) is 4.84 Å². The largest absolute Gasteiger partial charge is 0.331 e. The van der Waals surface area contributed by atoms with E-state index in [-0.39, 0.29) is 0 Å². The minimum absolute atomic E-state index is 0.821. The van der Waals surface area contributed by atoms with E-state index in [0.29, 0.717) is 0 Å². The smallest absolute Gasteiger partial charge is 0.0803 e. The summed E-state index contributed by atoms with van der Waals surface area (Å²) in [6.07, 6.45) is 4.88. The minimum Gasteiger partial charge on any atom is -0.331 e. The highest BCUT2D eigenvalue weighted by molar-refractivity contribution is 4.38. The SMILES string of the molecule is CCCCCNOCCC[N+](C)(C)C. The van der Waals surface area contributed by atoms with Gasteiger partial charge in [-0.2, -0.15) is 0 Å². The Morgan fingerprint density at radius 1 is 1.07 bits per heavy atom. The maximum absolute atomic E-state index is 5.32. The van der Waals surface area contributed by atoms with Crippen LogP contribution in [0.1, 0.15) is 32.6 Å². The number of hydrogen-bond donors (Lipinski definition) is 1. The zero-order valence-electron chi connectivity index (χ0n) is 10.3. The molecule has 0 saturated carbocycles. The molecule has 0 amide bonds. The van der Waals surface area contributed by atoms with Crippen molar-refractivity contribution in [3.63, 3.8) is 0 Å². The van der Waals surface area contributed by atoms with Crippen molar-refractivity contribution in [2.45, 2.75) is 32.6 Å². The molecule has 0 aliphatic rings. The third-order valence-corrected chi connectivity index (χ3v) is 2.06. The number of nitrogens with one attached hydrogen (secondary N) is 1. The van der Waals surface area contributed by atoms with Crippen LogP contribution in [0, 0.1) is 0 Å². The molecule has 1 N–H and O–H groups in total. The van der Waals surface area contributed by atoms with Crippen LogP contribution >= 0.6 is 0 Å². The molecule has 0 radical (unpaired) electrons. The fourth-order valence-electron chi connectivity index (χ4n) is 1.20. The molecule has 0 bridgehead atoms. The molecule has 0 fully saturated rings. The lowest BCUT2D eigenvalue weighted by atomic mass is 10.3. The van der Waals surface area contributed by atoms with E-state index in [9.17, 15) is 0 Å². The number of unbranched alkanes of at least 4 members (excludes halogenated alkanes) is 2. The van der Waals surface area contributed by atoms with E-state index in [4.69, 9.17) is 4.84 Å². The molecule has 86 valence electrons. The van der Waals surface area contributed by atoms with Crippen molar-refractivity contribution < 1.29 is 9.32 Å². The molecule has 0 aromatic heterocycles. The molecule has 3 nitrogen and oxygen atoms in total. The molecule has 0 atom stereocenters. The molecular weight excluding hydrogens is 176 g/mol. The van der Waals surface area contributed by atoms with Crippen LogP contribution < -0.4 is 5.48 Å². The Balaban J connectivity index is 2.99. The molecule has 0 aromatic carbocycles. The Kier molecular flexibility index (Phi) is 8.14. The highest BCUT2D eigenvalue weighted by Crippen LogP contribution is 1.94. The maximum atomic E-state index is 5.32. The summed E-state index contributed by atoms with van der Waals surface area (Å²) in [4.78, 5) is 5.32. The monoisotopic (exact) mass is 203 g/mol. The summed E-state index contributed by atoms with van der Waals surface area (Å²) in [5.41, 5.74) is 3.00. The van der Waals surface area contributed by atoms with Gasteiger partial charge in [-0.05, 0) is 6.42 Å². The maximum Gasteiger partial charge on any atom is 0.0803 e. The highest BCUT2D eigenvalue weighted by Gasteiger charge is 2.04. The van der Waals surface area contributed by atoms with Gasteiger partial charge in [-0.3, -0.25) is 0 Å². The van der Waals surface area contributed by atoms with Gasteiger partial charge < -0.3 is 9.32 Å². The lowest BCUT2D eigenvalue weighted by Crippen LogP contribution is -2.36. The van der Waals surface area contributed by atoms with Gasteiger partial charge in [-0.15, -0.1) is 0 Å². The summed E-state index contributed by atoms with van der Waals surface area (Å²) in [7, 11) is 6.61. The highest BCUT2D eigenvalue weighted by atomic mass is 16.6. The van der Waals surface area contributed by atoms with E-state index in [1.54, 1.807) is 0 Å². The predicted molar refractivity (Wildman–Crippen MR) is 61.0 cm³/mol. The molecule has 0 aliphatic carbocycles. The average molecular weight is 203 g/mol. The second kappa shape index (κ2) is 8.21. The van der Waals surface area contributed by atoms with Gasteiger partial charge in [0.15, 0.2) is 0 Å². The molecule has 14 heavy (non-hydrogen) atoms. The molecule has 0 unspecified atom stereocenters. The molecule has 0 aromatic rings. The Morgan fingerprint density at radius 2 is 1.79 bits per heavy atom. The second-order valence-corrected chi connectivity index (χ2v) is 4.82. The lowest BCUT2D eigenvalue weighted by molar-refractivity contribution is -0.870. The van der Waals surface area contributed by atoms with Crippen molar-refractivity contribution in [2.75, 3.05) is 40.8 Å². The number of hydroxylamine groups is 1. The van der Waals surface area contributed by atoms with Gasteiger partial charge in [0.1, 0.15) is 0 Å². The predicted octanol–water partition coefficient (Wildman–Crippen LogP) is 1.79. The number of hydrogen-bond acceptors (Lipinski definition) is 2. The molecule has 0 saturated heterocycles. The lowest BCUT2D eigenvalue weighted by Gasteiger charge is -2.23. The summed E-state index contributed by atoms with van der Waals surface area (Å²) < 4.78 is 1.01. The van der Waals surface area contributed by atoms with Gasteiger partial charge in [0.2, 0.25) is 0 Å². The number of quaternary nitrogens is 1. The number of nitrogens with zero attached hydrogens (tertiary/aromatic N) is 1. The van der Waals surface area contributed by atoms with E-state index >= 15 is 0 Å². The van der Waals surface area contributed by atoms with Gasteiger partial charge in [-0.1, -0.05) is 19.8 Å². The fraction of sp³-hybridized carbons (Fsp3) is 1.00. The topological polar surface area (TPSA) is 21.3 Å². The molecule has 3 heteroatoms. The first-order valence-corrected chi connectivity index (χ1v) is 5.71. The third kappa shape index (κ3) is 11.9. The Bertz CT molecular complexity index is 121. The van der Waals surface area contributed by atoms with Crippen LogP contribution in [0.5, 0.6) is 0 Å². The van der Waals surface area contributed by atoms with Gasteiger partial charge in [-0.25, -0.2) is 5.48 Å². The van der Waals surface area contributed by atoms with Crippen molar-refractivity contribution in [3.05, 3.63) is 0 Å². The van der Waals surface area contributed by atoms with Gasteiger partial charge in [0, 0.05) is 13.0 Å². The van der Waals surface area contributed by atoms with Crippen LogP contribution in [0.25, 0.3) is 0 Å². The summed E-state index contributed by atoms with van der Waals surface area (Å²) in [6.45, 7) is 5.18. The average Bonchev–Trinajstić information content (AvgIpc) is 2.08. The van der Waals surface area contributed by atoms with Crippen molar-refractivity contribution >= 4 is 0 Å². The summed E-state index contributed by atoms with van der Waals surface area (Å²) in [5, 5.41) is 0. The summed E-state index contributed by atoms with van der Waals surface area (Å²) in [5.74, 6) is 0. The van der Waals surface area contributed by atoms with Crippen molar-refractivity contribution in [2.24, 2.45) is 0 Å². The first-order chi connectivity index (χ1) is 6.56. The van der Waals surface area contributed by atoms with Crippen molar-refractivity contribution in [1.29, 1.82) is 0 Å². The first-order valence-electron chi connectivity index (χ1n) is 5.71. The molecule has 0 rings (SSSR count). The van der Waals surface area contributed by atoms with Crippen LogP contribution in [-0.4, -0.2) is 45.3 Å². The number of rotatable bonds is 9. The second-order valence-electron chi connectivity index (χ2n) is 4.82. The Labute approximate surface area is 89.0 Å². The molecular formula is C11H27N2O+. The molecule has 0 aliphatic heterocycles. The van der Waals surface area contributed by atoms with Crippen LogP contribution in [0.2, 0.25) is 0 Å². The fourth-order valence-corrected chi connectivity index (χ4v) is 1.20. The van der Waals surface area contributed by atoms with Crippen molar-refractivity contribution in [1.82, 2.24) is 5.48 Å². The van der Waals surface area contributed by atoms with Gasteiger partial charge in [0.25, 0.3) is 0 Å². The van der Waals surface area contributed by atoms with E-state index in [1.807, 2.05) is 0 Å². The molecule has 0 spiro atoms.